The highest BCUT2D eigenvalue weighted by Crippen LogP contribution is 2.56. The van der Waals surface area contributed by atoms with Gasteiger partial charge >= 0.3 is 23.9 Å². The van der Waals surface area contributed by atoms with Crippen molar-refractivity contribution in [3.05, 3.63) is 23.8 Å². The van der Waals surface area contributed by atoms with Crippen molar-refractivity contribution >= 4 is 23.9 Å². The minimum absolute atomic E-state index is 0.167. The molecule has 1 aliphatic carbocycles. The molecule has 0 amide bonds. The molecule has 8 atom stereocenters. The van der Waals surface area contributed by atoms with Crippen LogP contribution in [0.15, 0.2) is 23.8 Å². The van der Waals surface area contributed by atoms with E-state index in [1.807, 2.05) is 19.9 Å². The maximum Gasteiger partial charge on any atom is 0.303 e. The summed E-state index contributed by atoms with van der Waals surface area (Å²) in [5.41, 5.74) is -0.463. The fraction of sp³-hybridized carbons (Fsp3) is 0.714. The lowest BCUT2D eigenvalue weighted by molar-refractivity contribution is -0.192. The fourth-order valence-corrected chi connectivity index (χ4v) is 6.76. The Morgan fingerprint density at radius 1 is 1.03 bits per heavy atom. The van der Waals surface area contributed by atoms with E-state index in [2.05, 4.69) is 6.58 Å². The van der Waals surface area contributed by atoms with E-state index >= 15 is 0 Å². The second-order valence-electron chi connectivity index (χ2n) is 11.3. The molecule has 2 heterocycles. The van der Waals surface area contributed by atoms with Crippen LogP contribution in [0.3, 0.4) is 0 Å². The van der Waals surface area contributed by atoms with Gasteiger partial charge in [0.1, 0.15) is 29.5 Å². The Labute approximate surface area is 218 Å². The third-order valence-electron chi connectivity index (χ3n) is 7.83. The van der Waals surface area contributed by atoms with Gasteiger partial charge in [-0.3, -0.25) is 19.2 Å². The number of carbonyl (C=O) groups excluding carboxylic acids is 4. The molecule has 0 N–H and O–H groups in total. The molecule has 37 heavy (non-hydrogen) atoms. The monoisotopic (exact) mass is 520 g/mol. The number of hydrogen-bond acceptors (Lipinski definition) is 9. The quantitative estimate of drug-likeness (QED) is 0.303. The van der Waals surface area contributed by atoms with Gasteiger partial charge in [-0.1, -0.05) is 12.2 Å². The van der Waals surface area contributed by atoms with Crippen LogP contribution in [0.1, 0.15) is 74.7 Å². The molecule has 0 unspecified atom stereocenters. The molecule has 2 aliphatic heterocycles. The summed E-state index contributed by atoms with van der Waals surface area (Å²) in [5.74, 6) is -2.77. The molecule has 2 saturated heterocycles. The van der Waals surface area contributed by atoms with Gasteiger partial charge < -0.3 is 23.7 Å². The first-order chi connectivity index (χ1) is 17.1. The van der Waals surface area contributed by atoms with Crippen molar-refractivity contribution in [2.24, 2.45) is 17.8 Å². The molecule has 0 aromatic heterocycles. The van der Waals surface area contributed by atoms with Crippen LogP contribution in [0.4, 0.5) is 0 Å². The van der Waals surface area contributed by atoms with Gasteiger partial charge in [0, 0.05) is 45.4 Å². The summed E-state index contributed by atoms with van der Waals surface area (Å²) in [6, 6.07) is 0. The summed E-state index contributed by atoms with van der Waals surface area (Å²) < 4.78 is 29.8. The Hall–Kier alpha value is -2.68. The number of fused-ring (bicyclic) bond motifs is 5. The average Bonchev–Trinajstić information content (AvgIpc) is 3.09. The predicted molar refractivity (Wildman–Crippen MR) is 133 cm³/mol. The first-order valence-electron chi connectivity index (χ1n) is 12.8. The molecule has 0 radical (unpaired) electrons. The van der Waals surface area contributed by atoms with Gasteiger partial charge in [-0.2, -0.15) is 0 Å². The number of carbonyl (C=O) groups is 4. The van der Waals surface area contributed by atoms with Crippen LogP contribution in [0.5, 0.6) is 0 Å². The lowest BCUT2D eigenvalue weighted by Gasteiger charge is -2.49. The molecular formula is C28H40O9. The van der Waals surface area contributed by atoms with E-state index in [9.17, 15) is 19.2 Å². The van der Waals surface area contributed by atoms with E-state index in [0.29, 0.717) is 19.3 Å². The van der Waals surface area contributed by atoms with E-state index in [1.54, 1.807) is 13.8 Å². The highest BCUT2D eigenvalue weighted by atomic mass is 16.6. The largest absolute Gasteiger partial charge is 0.459 e. The van der Waals surface area contributed by atoms with E-state index in [0.717, 1.165) is 11.1 Å². The van der Waals surface area contributed by atoms with Crippen molar-refractivity contribution in [1.29, 1.82) is 0 Å². The summed E-state index contributed by atoms with van der Waals surface area (Å²) in [6.07, 6.45) is 0.866. The van der Waals surface area contributed by atoms with Gasteiger partial charge in [-0.25, -0.2) is 0 Å². The molecule has 9 heteroatoms. The van der Waals surface area contributed by atoms with Gasteiger partial charge in [-0.05, 0) is 58.6 Å². The highest BCUT2D eigenvalue weighted by molar-refractivity contribution is 5.68. The number of ether oxygens (including phenoxy) is 5. The van der Waals surface area contributed by atoms with E-state index in [4.69, 9.17) is 23.7 Å². The fourth-order valence-electron chi connectivity index (χ4n) is 6.76. The van der Waals surface area contributed by atoms with Gasteiger partial charge in [0.15, 0.2) is 0 Å². The smallest absolute Gasteiger partial charge is 0.303 e. The SMILES string of the molecule is C=C1C[C@H]2O[C@H]([C@H]3[C@@H]2C(C)=C[C@@H](OC(C)=O)[C@@H]3C(C)(C)OC(C)=O)[C@](C)(OC(C)=O)CC[C@@H]1OC(C)=O. The van der Waals surface area contributed by atoms with Crippen LogP contribution in [0, 0.1) is 17.8 Å². The van der Waals surface area contributed by atoms with Crippen LogP contribution in [0.25, 0.3) is 0 Å². The van der Waals surface area contributed by atoms with E-state index in [-0.39, 0.29) is 17.9 Å². The summed E-state index contributed by atoms with van der Waals surface area (Å²) in [7, 11) is 0. The van der Waals surface area contributed by atoms with E-state index in [1.165, 1.54) is 27.7 Å². The maximum atomic E-state index is 12.3. The highest BCUT2D eigenvalue weighted by Gasteiger charge is 2.63. The minimum Gasteiger partial charge on any atom is -0.459 e. The Morgan fingerprint density at radius 3 is 2.19 bits per heavy atom. The zero-order chi connectivity index (χ0) is 27.9. The third kappa shape index (κ3) is 6.08. The first kappa shape index (κ1) is 28.9. The summed E-state index contributed by atoms with van der Waals surface area (Å²) in [5, 5.41) is 0. The number of rotatable bonds is 5. The Bertz CT molecular complexity index is 996. The van der Waals surface area contributed by atoms with Crippen molar-refractivity contribution in [3.63, 3.8) is 0 Å². The average molecular weight is 521 g/mol. The molecule has 3 aliphatic rings. The Kier molecular flexibility index (Phi) is 8.27. The molecule has 0 saturated carbocycles. The normalized spacial score (nSPS) is 35.6. The standard InChI is InChI=1S/C28H40O9/c1-14-12-21-23-15(2)13-22(34-17(4)30)25(27(7,8)36-18(5)31)24(23)26(35-21)28(9,37-19(6)32)11-10-20(14)33-16(3)29/h13,20-26H,1,10-12H2,2-9H3/t20-,21+,22+,23+,24-,25-,26+,28+/m0/s1. The number of hydrogen-bond donors (Lipinski definition) is 0. The van der Waals surface area contributed by atoms with Crippen molar-refractivity contribution in [1.82, 2.24) is 0 Å². The molecule has 2 bridgehead atoms. The summed E-state index contributed by atoms with van der Waals surface area (Å²) in [4.78, 5) is 48.4. The molecule has 206 valence electrons. The maximum absolute atomic E-state index is 12.3. The second-order valence-corrected chi connectivity index (χ2v) is 11.3. The minimum atomic E-state index is -1.10. The summed E-state index contributed by atoms with van der Waals surface area (Å²) >= 11 is 0. The van der Waals surface area contributed by atoms with Gasteiger partial charge in [0.05, 0.1) is 6.10 Å². The molecule has 2 fully saturated rings. The van der Waals surface area contributed by atoms with Crippen LogP contribution in [-0.4, -0.2) is 59.5 Å². The molecular weight excluding hydrogens is 480 g/mol. The lowest BCUT2D eigenvalue weighted by atomic mass is 9.60. The van der Waals surface area contributed by atoms with Gasteiger partial charge in [0.2, 0.25) is 0 Å². The zero-order valence-corrected chi connectivity index (χ0v) is 23.1. The Balaban J connectivity index is 2.19. The predicted octanol–water partition coefficient (Wildman–Crippen LogP) is 3.83. The van der Waals surface area contributed by atoms with E-state index < -0.39 is 59.3 Å². The molecule has 9 nitrogen and oxygen atoms in total. The molecule has 0 aromatic carbocycles. The number of esters is 4. The topological polar surface area (TPSA) is 114 Å². The van der Waals surface area contributed by atoms with Gasteiger partial charge in [0.25, 0.3) is 0 Å². The molecule has 0 spiro atoms. The van der Waals surface area contributed by atoms with Crippen LogP contribution < -0.4 is 0 Å². The molecule has 0 aromatic rings. The van der Waals surface area contributed by atoms with Crippen LogP contribution in [-0.2, 0) is 42.9 Å². The zero-order valence-electron chi connectivity index (χ0n) is 23.1. The van der Waals surface area contributed by atoms with Crippen molar-refractivity contribution in [2.45, 2.75) is 110 Å². The van der Waals surface area contributed by atoms with Crippen LogP contribution >= 0.6 is 0 Å². The third-order valence-corrected chi connectivity index (χ3v) is 7.83. The van der Waals surface area contributed by atoms with Crippen molar-refractivity contribution in [3.8, 4) is 0 Å². The van der Waals surface area contributed by atoms with Gasteiger partial charge in [-0.15, -0.1) is 0 Å². The molecule has 3 rings (SSSR count). The van der Waals surface area contributed by atoms with Crippen molar-refractivity contribution < 1.29 is 42.9 Å². The van der Waals surface area contributed by atoms with Crippen molar-refractivity contribution in [2.75, 3.05) is 0 Å². The van der Waals surface area contributed by atoms with Crippen LogP contribution in [0.2, 0.25) is 0 Å². The second kappa shape index (κ2) is 10.6. The first-order valence-corrected chi connectivity index (χ1v) is 12.8. The Morgan fingerprint density at radius 2 is 1.65 bits per heavy atom. The lowest BCUT2D eigenvalue weighted by Crippen LogP contribution is -2.58. The summed E-state index contributed by atoms with van der Waals surface area (Å²) in [6.45, 7) is 17.0.